The van der Waals surface area contributed by atoms with Gasteiger partial charge in [0, 0.05) is 13.1 Å². The van der Waals surface area contributed by atoms with Crippen molar-refractivity contribution in [3.05, 3.63) is 0 Å². The second-order valence-corrected chi connectivity index (χ2v) is 7.81. The number of aliphatic hydroxyl groups excluding tert-OH is 2. The largest absolute Gasteiger partial charge is 0.481 e. The molecule has 0 radical (unpaired) electrons. The Labute approximate surface area is 199 Å². The van der Waals surface area contributed by atoms with E-state index in [1.54, 1.807) is 0 Å². The molecule has 0 aromatic rings. The van der Waals surface area contributed by atoms with Crippen LogP contribution in [0.2, 0.25) is 0 Å². The number of hydrogen-bond donors (Lipinski definition) is 7. The van der Waals surface area contributed by atoms with Crippen LogP contribution >= 0.6 is 12.4 Å². The molecule has 0 aromatic carbocycles. The van der Waals surface area contributed by atoms with Crippen LogP contribution in [-0.4, -0.2) is 94.4 Å². The molecule has 0 aliphatic carbocycles. The summed E-state index contributed by atoms with van der Waals surface area (Å²) in [6.45, 7) is 9.85. The minimum atomic E-state index is -2.27. The van der Waals surface area contributed by atoms with Crippen LogP contribution in [0.5, 0.6) is 0 Å². The van der Waals surface area contributed by atoms with Gasteiger partial charge in [0.05, 0.1) is 18.4 Å². The Morgan fingerprint density at radius 1 is 0.848 bits per heavy atom. The van der Waals surface area contributed by atoms with Crippen molar-refractivity contribution in [2.75, 3.05) is 32.8 Å². The maximum atomic E-state index is 11.3. The molecular weight excluding hydrogens is 464 g/mol. The van der Waals surface area contributed by atoms with E-state index in [0.29, 0.717) is 25.0 Å². The summed E-state index contributed by atoms with van der Waals surface area (Å²) < 4.78 is 4.97. The van der Waals surface area contributed by atoms with Gasteiger partial charge in [-0.15, -0.1) is 12.4 Å². The lowest BCUT2D eigenvalue weighted by Crippen LogP contribution is -2.40. The van der Waals surface area contributed by atoms with E-state index in [0.717, 1.165) is 32.5 Å². The van der Waals surface area contributed by atoms with Crippen molar-refractivity contribution in [3.8, 4) is 0 Å². The Morgan fingerprint density at radius 3 is 1.52 bits per heavy atom. The van der Waals surface area contributed by atoms with Crippen LogP contribution in [0.4, 0.5) is 0 Å². The average Bonchev–Trinajstić information content (AvgIpc) is 2.74. The Balaban J connectivity index is 0. The Kier molecular flexibility index (Phi) is 17.6. The van der Waals surface area contributed by atoms with Crippen LogP contribution in [0.15, 0.2) is 0 Å². The van der Waals surface area contributed by atoms with Crippen molar-refractivity contribution < 1.29 is 49.4 Å². The minimum Gasteiger partial charge on any atom is -0.481 e. The number of esters is 1. The zero-order valence-corrected chi connectivity index (χ0v) is 19.9. The van der Waals surface area contributed by atoms with Crippen LogP contribution in [0.3, 0.4) is 0 Å². The molecule has 12 nitrogen and oxygen atoms in total. The number of carboxylic acid groups (broad SMARTS) is 3. The van der Waals surface area contributed by atoms with Gasteiger partial charge >= 0.3 is 23.9 Å². The molecule has 0 spiro atoms. The fourth-order valence-electron chi connectivity index (χ4n) is 3.15. The fourth-order valence-corrected chi connectivity index (χ4v) is 3.15. The summed E-state index contributed by atoms with van der Waals surface area (Å²) in [5.74, 6) is -3.56. The van der Waals surface area contributed by atoms with E-state index in [-0.39, 0.29) is 30.2 Å². The number of carbonyl (C=O) groups excluding carboxylic acids is 1. The van der Waals surface area contributed by atoms with Gasteiger partial charge in [0.2, 0.25) is 0 Å². The van der Waals surface area contributed by atoms with Crippen LogP contribution in [0, 0.1) is 23.7 Å². The van der Waals surface area contributed by atoms with Crippen LogP contribution in [-0.2, 0) is 23.9 Å². The van der Waals surface area contributed by atoms with Gasteiger partial charge in [-0.25, -0.2) is 9.59 Å². The molecule has 3 unspecified atom stereocenters. The zero-order chi connectivity index (χ0) is 24.8. The second-order valence-electron chi connectivity index (χ2n) is 7.81. The smallest absolute Gasteiger partial charge is 0.335 e. The van der Waals surface area contributed by atoms with Crippen molar-refractivity contribution in [1.29, 1.82) is 0 Å². The van der Waals surface area contributed by atoms with Crippen molar-refractivity contribution in [3.63, 3.8) is 0 Å². The van der Waals surface area contributed by atoms with E-state index in [4.69, 9.17) is 30.3 Å². The molecule has 7 N–H and O–H groups in total. The van der Waals surface area contributed by atoms with Crippen LogP contribution < -0.4 is 10.6 Å². The maximum Gasteiger partial charge on any atom is 0.335 e. The monoisotopic (exact) mass is 500 g/mol. The molecule has 0 amide bonds. The minimum absolute atomic E-state index is 0. The van der Waals surface area contributed by atoms with E-state index in [9.17, 15) is 19.2 Å². The summed E-state index contributed by atoms with van der Waals surface area (Å²) in [5.41, 5.74) is 0. The van der Waals surface area contributed by atoms with Crippen molar-refractivity contribution >= 4 is 36.3 Å². The second kappa shape index (κ2) is 17.5. The molecule has 2 saturated heterocycles. The zero-order valence-electron chi connectivity index (χ0n) is 19.1. The summed E-state index contributed by atoms with van der Waals surface area (Å²) in [7, 11) is 0. The molecule has 2 heterocycles. The van der Waals surface area contributed by atoms with Gasteiger partial charge in [-0.2, -0.15) is 0 Å². The van der Waals surface area contributed by atoms with Gasteiger partial charge in [0.1, 0.15) is 0 Å². The number of aliphatic carboxylic acids is 3. The highest BCUT2D eigenvalue weighted by Gasteiger charge is 2.30. The summed E-state index contributed by atoms with van der Waals surface area (Å²) in [6.07, 6.45) is -2.48. The highest BCUT2D eigenvalue weighted by molar-refractivity contribution is 5.85. The average molecular weight is 501 g/mol. The van der Waals surface area contributed by atoms with E-state index in [1.807, 2.05) is 13.8 Å². The molecule has 2 fully saturated rings. The standard InChI is InChI=1S/C9H17NO2.C7H13NO2.C4H6O6.ClH/c1-3-12-9(11)8-6-10-5-4-7(8)2;1-5-2-3-8-4-6(5)7(9)10;5-1(3(7)8)2(6)4(9)10;/h7-8,10H,3-6H2,1-2H3;5-6,8H,2-4H2,1H3,(H,9,10);1-2,5-6H,(H,7,8)(H,9,10);1H/t7?,8-;;1-,2-;/m0.0./s1. The fraction of sp³-hybridized carbons (Fsp3) is 0.800. The number of carbonyl (C=O) groups is 4. The highest BCUT2D eigenvalue weighted by atomic mass is 35.5. The molecule has 2 aliphatic heterocycles. The molecule has 0 bridgehead atoms. The molecule has 0 aromatic heterocycles. The third-order valence-electron chi connectivity index (χ3n) is 5.37. The lowest BCUT2D eigenvalue weighted by atomic mass is 9.88. The first kappa shape index (κ1) is 33.2. The molecule has 0 saturated carbocycles. The predicted molar refractivity (Wildman–Crippen MR) is 119 cm³/mol. The van der Waals surface area contributed by atoms with E-state index < -0.39 is 30.1 Å². The maximum absolute atomic E-state index is 11.3. The normalized spacial score (nSPS) is 25.8. The van der Waals surface area contributed by atoms with Gasteiger partial charge in [-0.05, 0) is 44.7 Å². The Hall–Kier alpha value is -1.99. The summed E-state index contributed by atoms with van der Waals surface area (Å²) in [6, 6.07) is 0. The number of ether oxygens (including phenoxy) is 1. The van der Waals surface area contributed by atoms with Crippen molar-refractivity contribution in [2.45, 2.75) is 45.8 Å². The summed E-state index contributed by atoms with van der Waals surface area (Å²) in [4.78, 5) is 41.4. The number of hydrogen-bond acceptors (Lipinski definition) is 9. The van der Waals surface area contributed by atoms with Crippen molar-refractivity contribution in [1.82, 2.24) is 10.6 Å². The van der Waals surface area contributed by atoms with E-state index >= 15 is 0 Å². The first-order valence-corrected chi connectivity index (χ1v) is 10.6. The van der Waals surface area contributed by atoms with Crippen LogP contribution in [0.1, 0.15) is 33.6 Å². The molecule has 194 valence electrons. The quantitative estimate of drug-likeness (QED) is 0.229. The molecule has 33 heavy (non-hydrogen) atoms. The van der Waals surface area contributed by atoms with Gasteiger partial charge in [0.15, 0.2) is 12.2 Å². The third kappa shape index (κ3) is 12.7. The number of carboxylic acids is 3. The number of piperidine rings is 2. The topological polar surface area (TPSA) is 203 Å². The van der Waals surface area contributed by atoms with Gasteiger partial charge in [-0.3, -0.25) is 9.59 Å². The third-order valence-corrected chi connectivity index (χ3v) is 5.37. The highest BCUT2D eigenvalue weighted by Crippen LogP contribution is 2.19. The number of rotatable bonds is 6. The lowest BCUT2D eigenvalue weighted by molar-refractivity contribution is -0.165. The molecule has 6 atom stereocenters. The molecular formula is C20H37ClN2O10. The number of halogens is 1. The number of aliphatic hydroxyl groups is 2. The van der Waals surface area contributed by atoms with Crippen molar-refractivity contribution in [2.24, 2.45) is 23.7 Å². The summed E-state index contributed by atoms with van der Waals surface area (Å²) in [5, 5.41) is 47.5. The predicted octanol–water partition coefficient (Wildman–Crippen LogP) is -0.589. The Morgan fingerprint density at radius 2 is 1.24 bits per heavy atom. The van der Waals surface area contributed by atoms with E-state index in [2.05, 4.69) is 17.6 Å². The molecule has 2 aliphatic rings. The van der Waals surface area contributed by atoms with Crippen LogP contribution in [0.25, 0.3) is 0 Å². The SMILES string of the molecule is CC1CCNCC1C(=O)O.CCOC(=O)[C@H]1CNCCC1C.Cl.O=C(O)[C@@H](O)[C@H](O)C(=O)O. The van der Waals surface area contributed by atoms with Gasteiger partial charge in [0.25, 0.3) is 0 Å². The lowest BCUT2D eigenvalue weighted by Gasteiger charge is -2.27. The Bertz CT molecular complexity index is 604. The first-order chi connectivity index (χ1) is 14.9. The van der Waals surface area contributed by atoms with E-state index in [1.165, 1.54) is 0 Å². The first-order valence-electron chi connectivity index (χ1n) is 10.6. The van der Waals surface area contributed by atoms with Gasteiger partial charge in [-0.1, -0.05) is 13.8 Å². The molecule has 13 heteroatoms. The van der Waals surface area contributed by atoms with Gasteiger partial charge < -0.3 is 40.9 Å². The summed E-state index contributed by atoms with van der Waals surface area (Å²) >= 11 is 0. The number of nitrogens with one attached hydrogen (secondary N) is 2. The molecule has 2 rings (SSSR count).